The Morgan fingerprint density at radius 1 is 1.00 bits per heavy atom. The third-order valence-corrected chi connectivity index (χ3v) is 2.65. The second kappa shape index (κ2) is 4.45. The maximum absolute atomic E-state index is 13.6. The average Bonchev–Trinajstić information content (AvgIpc) is 2.90. The highest BCUT2D eigenvalue weighted by molar-refractivity contribution is 5.81. The Kier molecular flexibility index (Phi) is 2.65. The number of nitrogens with zero attached hydrogens (tertiary/aromatic N) is 1. The molecule has 0 atom stereocenters. The number of furan rings is 1. The van der Waals surface area contributed by atoms with Crippen LogP contribution in [-0.2, 0) is 0 Å². The van der Waals surface area contributed by atoms with Gasteiger partial charge in [-0.25, -0.2) is 9.37 Å². The van der Waals surface area contributed by atoms with Gasteiger partial charge in [-0.1, -0.05) is 18.2 Å². The van der Waals surface area contributed by atoms with Gasteiger partial charge in [-0.3, -0.25) is 0 Å². The highest BCUT2D eigenvalue weighted by Crippen LogP contribution is 2.17. The van der Waals surface area contributed by atoms with Gasteiger partial charge in [0.05, 0.1) is 12.0 Å². The predicted octanol–water partition coefficient (Wildman–Crippen LogP) is 4.14. The van der Waals surface area contributed by atoms with E-state index in [2.05, 4.69) is 4.98 Å². The molecule has 0 spiro atoms. The third-order valence-electron chi connectivity index (χ3n) is 2.65. The molecule has 3 aromatic rings. The Labute approximate surface area is 103 Å². The summed E-state index contributed by atoms with van der Waals surface area (Å²) >= 11 is 0. The van der Waals surface area contributed by atoms with E-state index in [4.69, 9.17) is 4.42 Å². The van der Waals surface area contributed by atoms with Crippen molar-refractivity contribution >= 4 is 23.1 Å². The van der Waals surface area contributed by atoms with Gasteiger partial charge in [-0.05, 0) is 36.4 Å². The molecule has 0 radical (unpaired) electrons. The van der Waals surface area contributed by atoms with Gasteiger partial charge < -0.3 is 4.42 Å². The molecule has 0 aliphatic carbocycles. The molecule has 0 N–H and O–H groups in total. The van der Waals surface area contributed by atoms with Crippen molar-refractivity contribution in [3.63, 3.8) is 0 Å². The van der Waals surface area contributed by atoms with Gasteiger partial charge in [0.1, 0.15) is 17.1 Å². The zero-order chi connectivity index (χ0) is 12.4. The molecule has 2 aromatic heterocycles. The van der Waals surface area contributed by atoms with E-state index >= 15 is 0 Å². The van der Waals surface area contributed by atoms with Crippen LogP contribution in [0.3, 0.4) is 0 Å². The quantitative estimate of drug-likeness (QED) is 0.671. The van der Waals surface area contributed by atoms with E-state index in [-0.39, 0.29) is 5.82 Å². The maximum Gasteiger partial charge on any atom is 0.149 e. The molecule has 88 valence electrons. The van der Waals surface area contributed by atoms with Crippen LogP contribution in [0.1, 0.15) is 11.5 Å². The topological polar surface area (TPSA) is 26.0 Å². The number of benzene rings is 1. The monoisotopic (exact) mass is 239 g/mol. The zero-order valence-electron chi connectivity index (χ0n) is 9.51. The van der Waals surface area contributed by atoms with Crippen LogP contribution in [0.25, 0.3) is 23.1 Å². The van der Waals surface area contributed by atoms with Crippen molar-refractivity contribution in [2.45, 2.75) is 0 Å². The molecule has 0 bridgehead atoms. The molecular weight excluding hydrogens is 229 g/mol. The lowest BCUT2D eigenvalue weighted by Crippen LogP contribution is -1.86. The first-order valence-electron chi connectivity index (χ1n) is 5.60. The summed E-state index contributed by atoms with van der Waals surface area (Å²) in [6.45, 7) is 0. The molecule has 0 amide bonds. The lowest BCUT2D eigenvalue weighted by atomic mass is 10.2. The normalized spacial score (nSPS) is 11.4. The summed E-state index contributed by atoms with van der Waals surface area (Å²) in [5, 5.41) is 0.796. The van der Waals surface area contributed by atoms with Crippen LogP contribution in [0.4, 0.5) is 4.39 Å². The smallest absolute Gasteiger partial charge is 0.149 e. The van der Waals surface area contributed by atoms with Crippen molar-refractivity contribution < 1.29 is 8.81 Å². The number of halogens is 1. The van der Waals surface area contributed by atoms with E-state index in [0.29, 0.717) is 11.2 Å². The summed E-state index contributed by atoms with van der Waals surface area (Å²) in [7, 11) is 0. The van der Waals surface area contributed by atoms with E-state index in [1.165, 1.54) is 6.07 Å². The lowest BCUT2D eigenvalue weighted by Gasteiger charge is -1.99. The molecule has 2 heterocycles. The largest absolute Gasteiger partial charge is 0.465 e. The minimum absolute atomic E-state index is 0.305. The fourth-order valence-electron chi connectivity index (χ4n) is 1.77. The van der Waals surface area contributed by atoms with Crippen LogP contribution < -0.4 is 0 Å². The Balaban J connectivity index is 2.01. The molecular formula is C15H10FNO. The number of para-hydroxylation sites is 1. The van der Waals surface area contributed by atoms with Crippen LogP contribution >= 0.6 is 0 Å². The summed E-state index contributed by atoms with van der Waals surface area (Å²) in [5.74, 6) is 0.436. The molecule has 2 nitrogen and oxygen atoms in total. The summed E-state index contributed by atoms with van der Waals surface area (Å²) in [4.78, 5) is 4.27. The molecule has 0 saturated carbocycles. The highest BCUT2D eigenvalue weighted by Gasteiger charge is 2.01. The number of hydrogen-bond donors (Lipinski definition) is 0. The second-order valence-corrected chi connectivity index (χ2v) is 3.90. The molecule has 1 aromatic carbocycles. The van der Waals surface area contributed by atoms with Gasteiger partial charge >= 0.3 is 0 Å². The second-order valence-electron chi connectivity index (χ2n) is 3.90. The molecule has 3 heteroatoms. The SMILES string of the molecule is Fc1cccc2ccc(/C=C/c3ccco3)nc12. The van der Waals surface area contributed by atoms with Gasteiger partial charge in [-0.2, -0.15) is 0 Å². The molecule has 3 rings (SSSR count). The Morgan fingerprint density at radius 2 is 1.94 bits per heavy atom. The Hall–Kier alpha value is -2.42. The van der Waals surface area contributed by atoms with Gasteiger partial charge in [0, 0.05) is 5.39 Å². The van der Waals surface area contributed by atoms with Crippen molar-refractivity contribution in [2.24, 2.45) is 0 Å². The molecule has 0 aliphatic rings. The zero-order valence-corrected chi connectivity index (χ0v) is 9.51. The van der Waals surface area contributed by atoms with Crippen LogP contribution in [0.15, 0.2) is 53.1 Å². The van der Waals surface area contributed by atoms with E-state index < -0.39 is 0 Å². The Morgan fingerprint density at radius 3 is 2.78 bits per heavy atom. The first kappa shape index (κ1) is 10.7. The number of pyridine rings is 1. The van der Waals surface area contributed by atoms with Crippen molar-refractivity contribution in [2.75, 3.05) is 0 Å². The highest BCUT2D eigenvalue weighted by atomic mass is 19.1. The minimum Gasteiger partial charge on any atom is -0.465 e. The standard InChI is InChI=1S/C15H10FNO/c16-14-5-1-3-11-6-7-12(17-15(11)14)8-9-13-4-2-10-18-13/h1-10H/b9-8+. The maximum atomic E-state index is 13.6. The number of hydrogen-bond acceptors (Lipinski definition) is 2. The van der Waals surface area contributed by atoms with E-state index in [9.17, 15) is 4.39 Å². The number of fused-ring (bicyclic) bond motifs is 1. The average molecular weight is 239 g/mol. The van der Waals surface area contributed by atoms with Crippen molar-refractivity contribution in [1.29, 1.82) is 0 Å². The van der Waals surface area contributed by atoms with Crippen LogP contribution in [0.5, 0.6) is 0 Å². The van der Waals surface area contributed by atoms with Crippen molar-refractivity contribution in [3.8, 4) is 0 Å². The summed E-state index contributed by atoms with van der Waals surface area (Å²) in [6, 6.07) is 12.3. The van der Waals surface area contributed by atoms with E-state index in [0.717, 1.165) is 11.1 Å². The van der Waals surface area contributed by atoms with Crippen LogP contribution in [0, 0.1) is 5.82 Å². The first-order chi connectivity index (χ1) is 8.83. The van der Waals surface area contributed by atoms with Crippen molar-refractivity contribution in [1.82, 2.24) is 4.98 Å². The van der Waals surface area contributed by atoms with Gasteiger partial charge in [-0.15, -0.1) is 0 Å². The van der Waals surface area contributed by atoms with Gasteiger partial charge in [0.2, 0.25) is 0 Å². The summed E-state index contributed by atoms with van der Waals surface area (Å²) in [6.07, 6.45) is 5.20. The minimum atomic E-state index is -0.305. The molecule has 0 fully saturated rings. The van der Waals surface area contributed by atoms with E-state index in [1.54, 1.807) is 24.5 Å². The van der Waals surface area contributed by atoms with Crippen LogP contribution in [-0.4, -0.2) is 4.98 Å². The molecule has 0 unspecified atom stereocenters. The fourth-order valence-corrected chi connectivity index (χ4v) is 1.77. The summed E-state index contributed by atoms with van der Waals surface area (Å²) < 4.78 is 18.8. The first-order valence-corrected chi connectivity index (χ1v) is 5.60. The summed E-state index contributed by atoms with van der Waals surface area (Å²) in [5.41, 5.74) is 1.09. The third kappa shape index (κ3) is 2.02. The van der Waals surface area contributed by atoms with Crippen molar-refractivity contribution in [3.05, 3.63) is 66.0 Å². The fraction of sp³-hybridized carbons (Fsp3) is 0. The van der Waals surface area contributed by atoms with Gasteiger partial charge in [0.25, 0.3) is 0 Å². The van der Waals surface area contributed by atoms with Gasteiger partial charge in [0.15, 0.2) is 0 Å². The molecule has 0 saturated heterocycles. The lowest BCUT2D eigenvalue weighted by molar-refractivity contribution is 0.557. The van der Waals surface area contributed by atoms with E-state index in [1.807, 2.05) is 30.3 Å². The molecule has 18 heavy (non-hydrogen) atoms. The predicted molar refractivity (Wildman–Crippen MR) is 69.3 cm³/mol. The Bertz CT molecular complexity index is 702. The molecule has 0 aliphatic heterocycles. The number of rotatable bonds is 2. The van der Waals surface area contributed by atoms with Crippen LogP contribution in [0.2, 0.25) is 0 Å². The number of aromatic nitrogens is 1.